The number of aryl methyl sites for hydroxylation is 3. The SMILES string of the molecule is CCN(CC(=O)NCc1ccc(F)cc1)C(=O)c1cc(C)nc2c1c(C)nn2C. The first-order chi connectivity index (χ1) is 13.8. The van der Waals surface area contributed by atoms with Gasteiger partial charge >= 0.3 is 0 Å². The number of hydrogen-bond acceptors (Lipinski definition) is 4. The van der Waals surface area contributed by atoms with Crippen LogP contribution >= 0.6 is 0 Å². The lowest BCUT2D eigenvalue weighted by atomic mass is 10.1. The molecule has 0 saturated carbocycles. The van der Waals surface area contributed by atoms with Gasteiger partial charge in [-0.15, -0.1) is 0 Å². The molecule has 29 heavy (non-hydrogen) atoms. The minimum Gasteiger partial charge on any atom is -0.350 e. The van der Waals surface area contributed by atoms with E-state index in [-0.39, 0.29) is 30.7 Å². The Bertz CT molecular complexity index is 1060. The summed E-state index contributed by atoms with van der Waals surface area (Å²) in [6, 6.07) is 7.64. The van der Waals surface area contributed by atoms with E-state index in [1.54, 1.807) is 29.9 Å². The van der Waals surface area contributed by atoms with Crippen molar-refractivity contribution in [1.29, 1.82) is 0 Å². The number of carbonyl (C=O) groups excluding carboxylic acids is 2. The summed E-state index contributed by atoms with van der Waals surface area (Å²) in [5.41, 5.74) is 3.34. The van der Waals surface area contributed by atoms with Gasteiger partial charge in [0, 0.05) is 25.8 Å². The van der Waals surface area contributed by atoms with Gasteiger partial charge in [-0.3, -0.25) is 14.3 Å². The third kappa shape index (κ3) is 4.42. The number of aromatic nitrogens is 3. The van der Waals surface area contributed by atoms with E-state index in [0.717, 1.165) is 11.3 Å². The van der Waals surface area contributed by atoms with Gasteiger partial charge in [-0.05, 0) is 44.5 Å². The van der Waals surface area contributed by atoms with Crippen LogP contribution in [-0.4, -0.2) is 44.6 Å². The molecule has 0 bridgehead atoms. The number of pyridine rings is 1. The zero-order valence-corrected chi connectivity index (χ0v) is 17.0. The Morgan fingerprint density at radius 2 is 1.90 bits per heavy atom. The lowest BCUT2D eigenvalue weighted by molar-refractivity contribution is -0.121. The summed E-state index contributed by atoms with van der Waals surface area (Å²) in [7, 11) is 1.79. The zero-order valence-electron chi connectivity index (χ0n) is 17.0. The van der Waals surface area contributed by atoms with Gasteiger partial charge < -0.3 is 10.2 Å². The van der Waals surface area contributed by atoms with Gasteiger partial charge in [-0.25, -0.2) is 9.37 Å². The molecule has 7 nitrogen and oxygen atoms in total. The molecule has 0 spiro atoms. The summed E-state index contributed by atoms with van der Waals surface area (Å²) in [5.74, 6) is -0.849. The van der Waals surface area contributed by atoms with Gasteiger partial charge in [-0.2, -0.15) is 5.10 Å². The van der Waals surface area contributed by atoms with Crippen LogP contribution in [0.3, 0.4) is 0 Å². The summed E-state index contributed by atoms with van der Waals surface area (Å²) < 4.78 is 14.6. The van der Waals surface area contributed by atoms with Crippen molar-refractivity contribution >= 4 is 22.8 Å². The molecule has 0 aliphatic heterocycles. The smallest absolute Gasteiger partial charge is 0.255 e. The van der Waals surface area contributed by atoms with E-state index in [1.807, 2.05) is 20.8 Å². The highest BCUT2D eigenvalue weighted by Crippen LogP contribution is 2.23. The van der Waals surface area contributed by atoms with Crippen molar-refractivity contribution in [3.63, 3.8) is 0 Å². The van der Waals surface area contributed by atoms with Gasteiger partial charge in [0.05, 0.1) is 23.2 Å². The molecule has 0 fully saturated rings. The maximum atomic E-state index is 13.2. The van der Waals surface area contributed by atoms with Gasteiger partial charge in [0.1, 0.15) is 5.82 Å². The summed E-state index contributed by atoms with van der Waals surface area (Å²) in [4.78, 5) is 31.5. The maximum absolute atomic E-state index is 13.2. The lowest BCUT2D eigenvalue weighted by Crippen LogP contribution is -2.40. The largest absolute Gasteiger partial charge is 0.350 e. The first kappa shape index (κ1) is 20.4. The number of hydrogen-bond donors (Lipinski definition) is 1. The number of halogens is 1. The van der Waals surface area contributed by atoms with Crippen LogP contribution in [-0.2, 0) is 18.4 Å². The van der Waals surface area contributed by atoms with Crippen LogP contribution in [0, 0.1) is 19.7 Å². The number of amides is 2. The van der Waals surface area contributed by atoms with E-state index < -0.39 is 0 Å². The first-order valence-electron chi connectivity index (χ1n) is 9.41. The van der Waals surface area contributed by atoms with E-state index >= 15 is 0 Å². The van der Waals surface area contributed by atoms with Crippen molar-refractivity contribution < 1.29 is 14.0 Å². The summed E-state index contributed by atoms with van der Waals surface area (Å²) >= 11 is 0. The normalized spacial score (nSPS) is 10.9. The number of fused-ring (bicyclic) bond motifs is 1. The highest BCUT2D eigenvalue weighted by atomic mass is 19.1. The van der Waals surface area contributed by atoms with Crippen LogP contribution in [0.5, 0.6) is 0 Å². The molecule has 2 aromatic heterocycles. The van der Waals surface area contributed by atoms with Gasteiger partial charge in [0.15, 0.2) is 5.65 Å². The molecule has 1 N–H and O–H groups in total. The molecule has 8 heteroatoms. The summed E-state index contributed by atoms with van der Waals surface area (Å²) in [5, 5.41) is 7.84. The van der Waals surface area contributed by atoms with Crippen LogP contribution in [0.15, 0.2) is 30.3 Å². The van der Waals surface area contributed by atoms with Crippen molar-refractivity contribution in [2.45, 2.75) is 27.3 Å². The molecule has 0 unspecified atom stereocenters. The molecule has 0 saturated heterocycles. The molecule has 0 atom stereocenters. The monoisotopic (exact) mass is 397 g/mol. The second kappa shape index (κ2) is 8.38. The number of likely N-dealkylation sites (N-methyl/N-ethyl adjacent to an activating group) is 1. The number of rotatable bonds is 6. The minimum atomic E-state index is -0.326. The van der Waals surface area contributed by atoms with Crippen molar-refractivity contribution in [3.8, 4) is 0 Å². The molecule has 3 rings (SSSR count). The molecule has 1 aromatic carbocycles. The number of nitrogens with zero attached hydrogens (tertiary/aromatic N) is 4. The average molecular weight is 397 g/mol. The number of nitrogens with one attached hydrogen (secondary N) is 1. The van der Waals surface area contributed by atoms with Crippen LogP contribution in [0.1, 0.15) is 34.2 Å². The highest BCUT2D eigenvalue weighted by Gasteiger charge is 2.23. The van der Waals surface area contributed by atoms with E-state index in [2.05, 4.69) is 15.4 Å². The topological polar surface area (TPSA) is 80.1 Å². The fourth-order valence-electron chi connectivity index (χ4n) is 3.27. The average Bonchev–Trinajstić information content (AvgIpc) is 2.98. The molecule has 0 radical (unpaired) electrons. The third-order valence-corrected chi connectivity index (χ3v) is 4.73. The molecule has 0 aliphatic rings. The van der Waals surface area contributed by atoms with Crippen LogP contribution in [0.2, 0.25) is 0 Å². The standard InChI is InChI=1S/C21H24FN5O2/c1-5-27(12-18(28)23-11-15-6-8-16(22)9-7-15)21(29)17-10-13(2)24-20-19(17)14(3)25-26(20)4/h6-10H,5,11-12H2,1-4H3,(H,23,28). The van der Waals surface area contributed by atoms with E-state index in [4.69, 9.17) is 0 Å². The molecule has 3 aromatic rings. The fourth-order valence-corrected chi connectivity index (χ4v) is 3.27. The Labute approximate surface area is 168 Å². The second-order valence-corrected chi connectivity index (χ2v) is 6.94. The minimum absolute atomic E-state index is 0.0707. The predicted octanol–water partition coefficient (Wildman–Crippen LogP) is 2.50. The summed E-state index contributed by atoms with van der Waals surface area (Å²) in [6.07, 6.45) is 0. The van der Waals surface area contributed by atoms with Crippen molar-refractivity contribution in [3.05, 3.63) is 58.7 Å². The molecule has 2 amide bonds. The Kier molecular flexibility index (Phi) is 5.91. The van der Waals surface area contributed by atoms with Gasteiger partial charge in [0.25, 0.3) is 5.91 Å². The highest BCUT2D eigenvalue weighted by molar-refractivity contribution is 6.07. The molecule has 152 valence electrons. The van der Waals surface area contributed by atoms with E-state index in [1.165, 1.54) is 17.0 Å². The zero-order chi connectivity index (χ0) is 21.1. The molecule has 2 heterocycles. The number of benzene rings is 1. The van der Waals surface area contributed by atoms with Gasteiger partial charge in [0.2, 0.25) is 5.91 Å². The third-order valence-electron chi connectivity index (χ3n) is 4.73. The van der Waals surface area contributed by atoms with Crippen LogP contribution in [0.4, 0.5) is 4.39 Å². The number of carbonyl (C=O) groups is 2. The fraction of sp³-hybridized carbons (Fsp3) is 0.333. The van der Waals surface area contributed by atoms with Crippen molar-refractivity contribution in [1.82, 2.24) is 25.0 Å². The Hall–Kier alpha value is -3.29. The van der Waals surface area contributed by atoms with Crippen molar-refractivity contribution in [2.24, 2.45) is 7.05 Å². The van der Waals surface area contributed by atoms with Crippen molar-refractivity contribution in [2.75, 3.05) is 13.1 Å². The summed E-state index contributed by atoms with van der Waals surface area (Å²) in [6.45, 7) is 6.06. The second-order valence-electron chi connectivity index (χ2n) is 6.94. The Balaban J connectivity index is 1.76. The quantitative estimate of drug-likeness (QED) is 0.693. The lowest BCUT2D eigenvalue weighted by Gasteiger charge is -2.21. The van der Waals surface area contributed by atoms with Crippen LogP contribution in [0.25, 0.3) is 11.0 Å². The molecular weight excluding hydrogens is 373 g/mol. The molecular formula is C21H24FN5O2. The van der Waals surface area contributed by atoms with E-state index in [0.29, 0.717) is 28.8 Å². The maximum Gasteiger partial charge on any atom is 0.255 e. The first-order valence-corrected chi connectivity index (χ1v) is 9.41. The van der Waals surface area contributed by atoms with Gasteiger partial charge in [-0.1, -0.05) is 12.1 Å². The Morgan fingerprint density at radius 3 is 2.55 bits per heavy atom. The predicted molar refractivity (Wildman–Crippen MR) is 108 cm³/mol. The molecule has 0 aliphatic carbocycles. The Morgan fingerprint density at radius 1 is 1.21 bits per heavy atom. The van der Waals surface area contributed by atoms with E-state index in [9.17, 15) is 14.0 Å². The van der Waals surface area contributed by atoms with Crippen LogP contribution < -0.4 is 5.32 Å².